The Morgan fingerprint density at radius 1 is 0.925 bits per heavy atom. The van der Waals surface area contributed by atoms with E-state index in [1.165, 1.54) is 19.2 Å². The van der Waals surface area contributed by atoms with Gasteiger partial charge in [0.05, 0.1) is 11.4 Å². The number of benzene rings is 2. The fourth-order valence-corrected chi connectivity index (χ4v) is 6.14. The second kappa shape index (κ2) is 11.7. The van der Waals surface area contributed by atoms with Crippen LogP contribution in [0.15, 0.2) is 60.9 Å². The highest BCUT2D eigenvalue weighted by atomic mass is 16.1. The lowest BCUT2D eigenvalue weighted by Gasteiger charge is -2.41. The lowest BCUT2D eigenvalue weighted by molar-refractivity contribution is -0.116. The zero-order valence-electron chi connectivity index (χ0n) is 23.2. The molecule has 2 aliphatic rings. The SMILES string of the molecule is CN1CCN([C@H]2CC[C@@H](n3nc(-c4ccc(NC(=O)CCc5ccccc5)cc4)c4c(N)ncnc43)CC2)CC1. The van der Waals surface area contributed by atoms with E-state index in [1.54, 1.807) is 0 Å². The minimum atomic E-state index is -0.00356. The first-order valence-electron chi connectivity index (χ1n) is 14.4. The van der Waals surface area contributed by atoms with Crippen molar-refractivity contribution in [1.82, 2.24) is 29.5 Å². The third-order valence-electron chi connectivity index (χ3n) is 8.51. The maximum Gasteiger partial charge on any atom is 0.224 e. The van der Waals surface area contributed by atoms with Crippen molar-refractivity contribution in [3.8, 4) is 11.3 Å². The predicted molar refractivity (Wildman–Crippen MR) is 159 cm³/mol. The quantitative estimate of drug-likeness (QED) is 0.360. The van der Waals surface area contributed by atoms with Gasteiger partial charge in [-0.15, -0.1) is 0 Å². The third-order valence-corrected chi connectivity index (χ3v) is 8.51. The molecule has 208 valence electrons. The van der Waals surface area contributed by atoms with Crippen molar-refractivity contribution in [3.05, 3.63) is 66.5 Å². The lowest BCUT2D eigenvalue weighted by Crippen LogP contribution is -2.49. The Balaban J connectivity index is 1.15. The highest BCUT2D eigenvalue weighted by Gasteiger charge is 2.30. The minimum absolute atomic E-state index is 0.00356. The second-order valence-electron chi connectivity index (χ2n) is 11.2. The molecular formula is C31H38N8O. The van der Waals surface area contributed by atoms with E-state index in [1.807, 2.05) is 54.6 Å². The van der Waals surface area contributed by atoms with Crippen molar-refractivity contribution >= 4 is 28.4 Å². The van der Waals surface area contributed by atoms with Crippen molar-refractivity contribution in [2.75, 3.05) is 44.3 Å². The predicted octanol–water partition coefficient (Wildman–Crippen LogP) is 4.38. The first-order chi connectivity index (χ1) is 19.5. The minimum Gasteiger partial charge on any atom is -0.383 e. The number of anilines is 2. The molecule has 0 unspecified atom stereocenters. The van der Waals surface area contributed by atoms with Gasteiger partial charge in [-0.3, -0.25) is 9.69 Å². The van der Waals surface area contributed by atoms with Gasteiger partial charge in [0.1, 0.15) is 17.8 Å². The number of rotatable bonds is 7. The Hall–Kier alpha value is -3.82. The maximum atomic E-state index is 12.5. The number of aromatic nitrogens is 4. The molecule has 1 amide bonds. The number of hydrogen-bond acceptors (Lipinski definition) is 7. The fourth-order valence-electron chi connectivity index (χ4n) is 6.14. The van der Waals surface area contributed by atoms with E-state index >= 15 is 0 Å². The smallest absolute Gasteiger partial charge is 0.224 e. The zero-order chi connectivity index (χ0) is 27.5. The number of carbonyl (C=O) groups is 1. The lowest BCUT2D eigenvalue weighted by atomic mass is 9.90. The molecule has 2 aromatic heterocycles. The summed E-state index contributed by atoms with van der Waals surface area (Å²) in [5.74, 6) is 0.437. The van der Waals surface area contributed by atoms with Gasteiger partial charge in [0.2, 0.25) is 5.91 Å². The van der Waals surface area contributed by atoms with E-state index in [9.17, 15) is 4.79 Å². The van der Waals surface area contributed by atoms with Gasteiger partial charge in [0.15, 0.2) is 5.65 Å². The largest absolute Gasteiger partial charge is 0.383 e. The van der Waals surface area contributed by atoms with Gasteiger partial charge in [-0.2, -0.15) is 5.10 Å². The first kappa shape index (κ1) is 26.4. The van der Waals surface area contributed by atoms with Gasteiger partial charge in [-0.1, -0.05) is 42.5 Å². The molecule has 1 saturated carbocycles. The summed E-state index contributed by atoms with van der Waals surface area (Å²) in [4.78, 5) is 26.5. The number of fused-ring (bicyclic) bond motifs is 1. The Bertz CT molecular complexity index is 1440. The number of hydrogen-bond donors (Lipinski definition) is 2. The van der Waals surface area contributed by atoms with E-state index in [4.69, 9.17) is 10.8 Å². The molecule has 4 aromatic rings. The average Bonchev–Trinajstić information content (AvgIpc) is 3.39. The van der Waals surface area contributed by atoms with Gasteiger partial charge in [-0.05, 0) is 56.8 Å². The van der Waals surface area contributed by atoms with E-state index in [0.717, 1.165) is 72.6 Å². The van der Waals surface area contributed by atoms with E-state index in [2.05, 4.69) is 36.8 Å². The highest BCUT2D eigenvalue weighted by molar-refractivity contribution is 5.98. The number of nitrogen functional groups attached to an aromatic ring is 1. The van der Waals surface area contributed by atoms with Crippen molar-refractivity contribution in [2.24, 2.45) is 0 Å². The highest BCUT2D eigenvalue weighted by Crippen LogP contribution is 2.37. The summed E-state index contributed by atoms with van der Waals surface area (Å²) in [5, 5.41) is 8.88. The Morgan fingerprint density at radius 2 is 1.62 bits per heavy atom. The molecule has 1 aliphatic heterocycles. The Morgan fingerprint density at radius 3 is 2.35 bits per heavy atom. The summed E-state index contributed by atoms with van der Waals surface area (Å²) in [6.07, 6.45) is 7.17. The van der Waals surface area contributed by atoms with Crippen LogP contribution in [0.5, 0.6) is 0 Å². The summed E-state index contributed by atoms with van der Waals surface area (Å²) in [6, 6.07) is 18.8. The molecule has 1 saturated heterocycles. The number of amides is 1. The molecule has 9 heteroatoms. The monoisotopic (exact) mass is 538 g/mol. The third kappa shape index (κ3) is 5.71. The Kier molecular flexibility index (Phi) is 7.75. The molecule has 2 aromatic carbocycles. The average molecular weight is 539 g/mol. The molecule has 9 nitrogen and oxygen atoms in total. The van der Waals surface area contributed by atoms with Crippen LogP contribution in [0.2, 0.25) is 0 Å². The topological polar surface area (TPSA) is 105 Å². The molecule has 1 aliphatic carbocycles. The number of likely N-dealkylation sites (N-methyl/N-ethyl adjacent to an activating group) is 1. The zero-order valence-corrected chi connectivity index (χ0v) is 23.2. The molecule has 6 rings (SSSR count). The molecule has 0 bridgehead atoms. The van der Waals surface area contributed by atoms with E-state index < -0.39 is 0 Å². The fraction of sp³-hybridized carbons (Fsp3) is 0.419. The van der Waals surface area contributed by atoms with Crippen LogP contribution < -0.4 is 11.1 Å². The standard InChI is InChI=1S/C31H38N8O/c1-37-17-19-38(20-18-37)25-12-14-26(15-13-25)39-31-28(30(32)33-21-34-31)29(36-39)23-8-10-24(11-9-23)35-27(40)16-7-22-5-3-2-4-6-22/h2-6,8-11,21,25-26H,7,12-20H2,1H3,(H,35,40)(H2,32,33,34)/t25-,26+. The molecule has 0 radical (unpaired) electrons. The maximum absolute atomic E-state index is 12.5. The molecule has 2 fully saturated rings. The van der Waals surface area contributed by atoms with Crippen molar-refractivity contribution in [3.63, 3.8) is 0 Å². The summed E-state index contributed by atoms with van der Waals surface area (Å²) >= 11 is 0. The van der Waals surface area contributed by atoms with E-state index in [-0.39, 0.29) is 11.9 Å². The molecule has 40 heavy (non-hydrogen) atoms. The number of carbonyl (C=O) groups excluding carboxylic acids is 1. The van der Waals surface area contributed by atoms with Crippen LogP contribution >= 0.6 is 0 Å². The molecule has 3 N–H and O–H groups in total. The number of nitrogens with one attached hydrogen (secondary N) is 1. The summed E-state index contributed by atoms with van der Waals surface area (Å²) in [6.45, 7) is 4.63. The molecule has 3 heterocycles. The van der Waals surface area contributed by atoms with Crippen LogP contribution in [0, 0.1) is 0 Å². The normalized spacial score (nSPS) is 20.5. The van der Waals surface area contributed by atoms with Crippen LogP contribution in [0.3, 0.4) is 0 Å². The van der Waals surface area contributed by atoms with Gasteiger partial charge in [0.25, 0.3) is 0 Å². The van der Waals surface area contributed by atoms with Crippen LogP contribution in [0.25, 0.3) is 22.3 Å². The van der Waals surface area contributed by atoms with Gasteiger partial charge >= 0.3 is 0 Å². The Labute approximate surface area is 235 Å². The molecule has 0 atom stereocenters. The number of nitrogens with zero attached hydrogens (tertiary/aromatic N) is 6. The summed E-state index contributed by atoms with van der Waals surface area (Å²) < 4.78 is 2.09. The molecule has 0 spiro atoms. The van der Waals surface area contributed by atoms with Crippen molar-refractivity contribution in [2.45, 2.75) is 50.6 Å². The van der Waals surface area contributed by atoms with Crippen molar-refractivity contribution in [1.29, 1.82) is 0 Å². The second-order valence-corrected chi connectivity index (χ2v) is 11.2. The van der Waals surface area contributed by atoms with Gasteiger partial charge < -0.3 is 16.0 Å². The van der Waals surface area contributed by atoms with Gasteiger partial charge in [-0.25, -0.2) is 14.6 Å². The van der Waals surface area contributed by atoms with Crippen LogP contribution in [0.1, 0.15) is 43.7 Å². The first-order valence-corrected chi connectivity index (χ1v) is 14.4. The number of nitrogens with two attached hydrogens (primary N) is 1. The number of aryl methyl sites for hydroxylation is 1. The summed E-state index contributed by atoms with van der Waals surface area (Å²) in [5.41, 5.74) is 10.8. The van der Waals surface area contributed by atoms with Crippen LogP contribution in [0.4, 0.5) is 11.5 Å². The van der Waals surface area contributed by atoms with Crippen LogP contribution in [-0.2, 0) is 11.2 Å². The number of piperazine rings is 1. The summed E-state index contributed by atoms with van der Waals surface area (Å²) in [7, 11) is 2.21. The van der Waals surface area contributed by atoms with Crippen molar-refractivity contribution < 1.29 is 4.79 Å². The molecular weight excluding hydrogens is 500 g/mol. The van der Waals surface area contributed by atoms with E-state index in [0.29, 0.717) is 24.7 Å². The van der Waals surface area contributed by atoms with Crippen LogP contribution in [-0.4, -0.2) is 74.7 Å². The van der Waals surface area contributed by atoms with Gasteiger partial charge in [0, 0.05) is 49.9 Å².